The van der Waals surface area contributed by atoms with Crippen LogP contribution in [0.15, 0.2) is 35.5 Å². The van der Waals surface area contributed by atoms with Gasteiger partial charge >= 0.3 is 5.97 Å². The Balaban J connectivity index is 2.03. The topological polar surface area (TPSA) is 77.1 Å². The van der Waals surface area contributed by atoms with Gasteiger partial charge in [-0.15, -0.1) is 0 Å². The number of carboxylic acids is 1. The number of carboxylic acid groups (broad SMARTS) is 1. The molecule has 0 fully saturated rings. The molecule has 0 radical (unpaired) electrons. The van der Waals surface area contributed by atoms with Crippen molar-refractivity contribution in [1.29, 1.82) is 0 Å². The molecule has 0 aliphatic heterocycles. The first kappa shape index (κ1) is 15.0. The zero-order chi connectivity index (χ0) is 15.4. The molecular formula is C15H19N3O3. The van der Waals surface area contributed by atoms with Crippen molar-refractivity contribution in [3.05, 3.63) is 52.5 Å². The van der Waals surface area contributed by atoms with Gasteiger partial charge in [-0.3, -0.25) is 4.79 Å². The van der Waals surface area contributed by atoms with Gasteiger partial charge in [0, 0.05) is 43.7 Å². The Bertz CT molecular complexity index is 685. The summed E-state index contributed by atoms with van der Waals surface area (Å²) < 4.78 is 3.51. The number of imidazole rings is 1. The molecule has 0 saturated carbocycles. The van der Waals surface area contributed by atoms with Crippen LogP contribution in [0.5, 0.6) is 0 Å². The number of carbonyl (C=O) groups is 1. The molecule has 0 atom stereocenters. The third-order valence-electron chi connectivity index (χ3n) is 3.29. The molecule has 0 spiro atoms. The smallest absolute Gasteiger partial charge is 0.337 e. The van der Waals surface area contributed by atoms with Crippen LogP contribution < -0.4 is 5.56 Å². The van der Waals surface area contributed by atoms with Crippen LogP contribution in [0.2, 0.25) is 0 Å². The molecule has 112 valence electrons. The minimum Gasteiger partial charge on any atom is -0.478 e. The summed E-state index contributed by atoms with van der Waals surface area (Å²) in [7, 11) is 0. The Kier molecular flexibility index (Phi) is 4.57. The zero-order valence-electron chi connectivity index (χ0n) is 12.2. The molecule has 0 aliphatic carbocycles. The van der Waals surface area contributed by atoms with Gasteiger partial charge in [0.15, 0.2) is 0 Å². The number of rotatable bonds is 6. The number of hydrogen-bond acceptors (Lipinski definition) is 3. The van der Waals surface area contributed by atoms with Crippen LogP contribution in [0, 0.1) is 0 Å². The van der Waals surface area contributed by atoms with E-state index in [9.17, 15) is 9.59 Å². The third kappa shape index (κ3) is 3.59. The Morgan fingerprint density at radius 1 is 1.29 bits per heavy atom. The van der Waals surface area contributed by atoms with Crippen molar-refractivity contribution in [2.75, 3.05) is 0 Å². The second-order valence-electron chi connectivity index (χ2n) is 5.24. The summed E-state index contributed by atoms with van der Waals surface area (Å²) in [4.78, 5) is 26.9. The Morgan fingerprint density at radius 2 is 2.00 bits per heavy atom. The maximum absolute atomic E-state index is 11.7. The predicted octanol–water partition coefficient (Wildman–Crippen LogP) is 1.96. The summed E-state index contributed by atoms with van der Waals surface area (Å²) in [6, 6.07) is 2.62. The average Bonchev–Trinajstić information content (AvgIpc) is 2.89. The number of aromatic nitrogens is 3. The maximum atomic E-state index is 11.7. The van der Waals surface area contributed by atoms with E-state index in [0.29, 0.717) is 12.5 Å². The largest absolute Gasteiger partial charge is 0.478 e. The molecule has 1 N–H and O–H groups in total. The summed E-state index contributed by atoms with van der Waals surface area (Å²) in [5, 5.41) is 8.95. The first-order valence-electron chi connectivity index (χ1n) is 6.94. The molecule has 0 bridgehead atoms. The predicted molar refractivity (Wildman–Crippen MR) is 78.6 cm³/mol. The Morgan fingerprint density at radius 3 is 2.67 bits per heavy atom. The molecule has 0 aromatic carbocycles. The Labute approximate surface area is 122 Å². The van der Waals surface area contributed by atoms with Gasteiger partial charge in [0.2, 0.25) is 0 Å². The fraction of sp³-hybridized carbons (Fsp3) is 0.400. The van der Waals surface area contributed by atoms with Crippen molar-refractivity contribution < 1.29 is 9.90 Å². The van der Waals surface area contributed by atoms with E-state index in [4.69, 9.17) is 5.11 Å². The van der Waals surface area contributed by atoms with Crippen LogP contribution in [0.3, 0.4) is 0 Å². The highest BCUT2D eigenvalue weighted by atomic mass is 16.4. The second kappa shape index (κ2) is 6.39. The first-order chi connectivity index (χ1) is 9.99. The lowest BCUT2D eigenvalue weighted by atomic mass is 10.2. The number of aryl methyl sites for hydroxylation is 2. The molecule has 2 aromatic heterocycles. The van der Waals surface area contributed by atoms with E-state index >= 15 is 0 Å². The molecule has 0 amide bonds. The van der Waals surface area contributed by atoms with Gasteiger partial charge in [-0.1, -0.05) is 13.8 Å². The van der Waals surface area contributed by atoms with E-state index in [-0.39, 0.29) is 11.1 Å². The fourth-order valence-electron chi connectivity index (χ4n) is 2.25. The van der Waals surface area contributed by atoms with Crippen LogP contribution in [0.4, 0.5) is 0 Å². The highest BCUT2D eigenvalue weighted by Gasteiger charge is 2.08. The number of pyridine rings is 1. The molecule has 6 nitrogen and oxygen atoms in total. The van der Waals surface area contributed by atoms with E-state index in [1.807, 2.05) is 6.20 Å². The highest BCUT2D eigenvalue weighted by molar-refractivity contribution is 5.87. The van der Waals surface area contributed by atoms with Crippen molar-refractivity contribution in [2.24, 2.45) is 0 Å². The van der Waals surface area contributed by atoms with Gasteiger partial charge in [-0.25, -0.2) is 9.78 Å². The lowest BCUT2D eigenvalue weighted by Gasteiger charge is -2.11. The van der Waals surface area contributed by atoms with Crippen molar-refractivity contribution in [1.82, 2.24) is 14.1 Å². The van der Waals surface area contributed by atoms with Crippen LogP contribution >= 0.6 is 0 Å². The van der Waals surface area contributed by atoms with Gasteiger partial charge in [0.05, 0.1) is 5.56 Å². The molecule has 0 unspecified atom stereocenters. The molecule has 2 heterocycles. The molecule has 2 rings (SSSR count). The van der Waals surface area contributed by atoms with E-state index in [0.717, 1.165) is 18.8 Å². The third-order valence-corrected chi connectivity index (χ3v) is 3.29. The quantitative estimate of drug-likeness (QED) is 0.881. The van der Waals surface area contributed by atoms with Crippen molar-refractivity contribution >= 4 is 5.97 Å². The van der Waals surface area contributed by atoms with Crippen LogP contribution in [0.25, 0.3) is 0 Å². The minimum atomic E-state index is -1.03. The average molecular weight is 289 g/mol. The van der Waals surface area contributed by atoms with Crippen LogP contribution in [0.1, 0.15) is 42.4 Å². The summed E-state index contributed by atoms with van der Waals surface area (Å²) in [5.41, 5.74) is -0.0604. The molecule has 21 heavy (non-hydrogen) atoms. The van der Waals surface area contributed by atoms with E-state index < -0.39 is 5.97 Å². The van der Waals surface area contributed by atoms with E-state index in [1.165, 1.54) is 22.9 Å². The van der Waals surface area contributed by atoms with Gasteiger partial charge in [-0.05, 0) is 12.5 Å². The standard InChI is InChI=1S/C15H19N3O3/c1-11(2)14-16-6-9-17(14)7-3-8-18-10-12(15(20)21)4-5-13(18)19/h4-6,9-11H,3,7-8H2,1-2H3,(H,20,21). The molecular weight excluding hydrogens is 270 g/mol. The molecule has 0 saturated heterocycles. The van der Waals surface area contributed by atoms with Gasteiger partial charge in [0.1, 0.15) is 5.82 Å². The summed E-state index contributed by atoms with van der Waals surface area (Å²) >= 11 is 0. The first-order valence-corrected chi connectivity index (χ1v) is 6.94. The second-order valence-corrected chi connectivity index (χ2v) is 5.24. The van der Waals surface area contributed by atoms with Gasteiger partial charge < -0.3 is 14.2 Å². The van der Waals surface area contributed by atoms with Crippen molar-refractivity contribution in [3.63, 3.8) is 0 Å². The van der Waals surface area contributed by atoms with Crippen LogP contribution in [-0.2, 0) is 13.1 Å². The molecule has 6 heteroatoms. The molecule has 2 aromatic rings. The highest BCUT2D eigenvalue weighted by Crippen LogP contribution is 2.12. The van der Waals surface area contributed by atoms with E-state index in [1.54, 1.807) is 6.20 Å². The Hall–Kier alpha value is -2.37. The SMILES string of the molecule is CC(C)c1nccn1CCCn1cc(C(=O)O)ccc1=O. The normalized spacial score (nSPS) is 11.0. The van der Waals surface area contributed by atoms with Gasteiger partial charge in [0.25, 0.3) is 5.56 Å². The number of aromatic carboxylic acids is 1. The summed E-state index contributed by atoms with van der Waals surface area (Å²) in [5.74, 6) is 0.333. The van der Waals surface area contributed by atoms with Crippen molar-refractivity contribution in [2.45, 2.75) is 39.3 Å². The summed E-state index contributed by atoms with van der Waals surface area (Å²) in [6.45, 7) is 5.40. The number of hydrogen-bond donors (Lipinski definition) is 1. The monoisotopic (exact) mass is 289 g/mol. The lowest BCUT2D eigenvalue weighted by Crippen LogP contribution is -2.21. The maximum Gasteiger partial charge on any atom is 0.337 e. The minimum absolute atomic E-state index is 0.125. The molecule has 0 aliphatic rings. The fourth-order valence-corrected chi connectivity index (χ4v) is 2.25. The summed E-state index contributed by atoms with van der Waals surface area (Å²) in [6.07, 6.45) is 5.82. The number of nitrogens with zero attached hydrogens (tertiary/aromatic N) is 3. The van der Waals surface area contributed by atoms with Crippen molar-refractivity contribution in [3.8, 4) is 0 Å². The van der Waals surface area contributed by atoms with Gasteiger partial charge in [-0.2, -0.15) is 0 Å². The zero-order valence-corrected chi connectivity index (χ0v) is 12.2. The van der Waals surface area contributed by atoms with Crippen LogP contribution in [-0.4, -0.2) is 25.2 Å². The lowest BCUT2D eigenvalue weighted by molar-refractivity contribution is 0.0695. The van der Waals surface area contributed by atoms with E-state index in [2.05, 4.69) is 23.4 Å².